The minimum Gasteiger partial charge on any atom is -0.363 e. The van der Waals surface area contributed by atoms with Gasteiger partial charge < -0.3 is 9.80 Å². The van der Waals surface area contributed by atoms with Crippen LogP contribution in [0.5, 0.6) is 0 Å². The number of carbonyl (C=O) groups excluding carboxylic acids is 1. The Hall–Kier alpha value is -2.43. The summed E-state index contributed by atoms with van der Waals surface area (Å²) >= 11 is 0. The standard InChI is InChI=1S/C22H24F2N2O/c1-22(2)13-15-14-25(21(27)18-5-3-4-6-19(18)24)12-11-20(15)26(22)17-9-7-16(23)8-10-17/h3-10,15,20H,11-14H2,1-2H3/t15-,20+/m1/s1. The Kier molecular flexibility index (Phi) is 4.41. The van der Waals surface area contributed by atoms with E-state index in [0.717, 1.165) is 18.5 Å². The van der Waals surface area contributed by atoms with Crippen molar-refractivity contribution in [1.82, 2.24) is 4.90 Å². The van der Waals surface area contributed by atoms with E-state index in [2.05, 4.69) is 18.7 Å². The molecule has 0 spiro atoms. The maximum atomic E-state index is 14.0. The number of carbonyl (C=O) groups is 1. The molecule has 3 nitrogen and oxygen atoms in total. The molecule has 2 aliphatic heterocycles. The Balaban J connectivity index is 1.56. The molecule has 0 saturated carbocycles. The molecule has 0 bridgehead atoms. The number of anilines is 1. The molecule has 2 aromatic carbocycles. The van der Waals surface area contributed by atoms with Crippen molar-refractivity contribution in [3.05, 3.63) is 65.7 Å². The van der Waals surface area contributed by atoms with Crippen molar-refractivity contribution in [3.63, 3.8) is 0 Å². The van der Waals surface area contributed by atoms with Gasteiger partial charge in [0.25, 0.3) is 5.91 Å². The van der Waals surface area contributed by atoms with Crippen LogP contribution in [0.1, 0.15) is 37.0 Å². The first-order valence-electron chi connectivity index (χ1n) is 9.45. The third kappa shape index (κ3) is 3.20. The summed E-state index contributed by atoms with van der Waals surface area (Å²) in [4.78, 5) is 16.9. The van der Waals surface area contributed by atoms with Crippen LogP contribution in [0.25, 0.3) is 0 Å². The highest BCUT2D eigenvalue weighted by molar-refractivity contribution is 5.94. The quantitative estimate of drug-likeness (QED) is 0.778. The molecule has 2 saturated heterocycles. The van der Waals surface area contributed by atoms with Gasteiger partial charge in [-0.15, -0.1) is 0 Å². The average molecular weight is 370 g/mol. The van der Waals surface area contributed by atoms with Crippen LogP contribution in [0.15, 0.2) is 48.5 Å². The van der Waals surface area contributed by atoms with Crippen molar-refractivity contribution in [2.75, 3.05) is 18.0 Å². The number of halogens is 2. The lowest BCUT2D eigenvalue weighted by Gasteiger charge is -2.42. The summed E-state index contributed by atoms with van der Waals surface area (Å²) in [6.45, 7) is 5.61. The van der Waals surface area contributed by atoms with Gasteiger partial charge in [0.1, 0.15) is 11.6 Å². The molecule has 1 amide bonds. The van der Waals surface area contributed by atoms with E-state index in [-0.39, 0.29) is 22.8 Å². The van der Waals surface area contributed by atoms with Gasteiger partial charge in [0.05, 0.1) is 5.56 Å². The molecule has 27 heavy (non-hydrogen) atoms. The molecule has 0 N–H and O–H groups in total. The first-order chi connectivity index (χ1) is 12.9. The summed E-state index contributed by atoms with van der Waals surface area (Å²) in [5.74, 6) is -0.624. The van der Waals surface area contributed by atoms with Crippen molar-refractivity contribution in [2.45, 2.75) is 38.3 Å². The van der Waals surface area contributed by atoms with E-state index in [0.29, 0.717) is 25.0 Å². The van der Waals surface area contributed by atoms with Crippen LogP contribution < -0.4 is 4.90 Å². The van der Waals surface area contributed by atoms with E-state index >= 15 is 0 Å². The van der Waals surface area contributed by atoms with E-state index in [1.165, 1.54) is 18.2 Å². The summed E-state index contributed by atoms with van der Waals surface area (Å²) in [5, 5.41) is 0. The zero-order valence-electron chi connectivity index (χ0n) is 15.7. The molecule has 4 rings (SSSR count). The predicted octanol–water partition coefficient (Wildman–Crippen LogP) is 4.48. The Morgan fingerprint density at radius 3 is 2.48 bits per heavy atom. The normalized spacial score (nSPS) is 24.0. The van der Waals surface area contributed by atoms with Crippen molar-refractivity contribution in [3.8, 4) is 0 Å². The topological polar surface area (TPSA) is 23.6 Å². The van der Waals surface area contributed by atoms with Gasteiger partial charge in [-0.05, 0) is 69.0 Å². The van der Waals surface area contributed by atoms with Gasteiger partial charge in [-0.25, -0.2) is 8.78 Å². The van der Waals surface area contributed by atoms with Gasteiger partial charge in [-0.2, -0.15) is 0 Å². The van der Waals surface area contributed by atoms with E-state index in [1.54, 1.807) is 23.1 Å². The first-order valence-corrected chi connectivity index (χ1v) is 9.45. The van der Waals surface area contributed by atoms with Crippen LogP contribution in [0.4, 0.5) is 14.5 Å². The largest absolute Gasteiger partial charge is 0.363 e. The fraction of sp³-hybridized carbons (Fsp3) is 0.409. The highest BCUT2D eigenvalue weighted by Gasteiger charge is 2.48. The number of fused-ring (bicyclic) bond motifs is 1. The molecule has 5 heteroatoms. The van der Waals surface area contributed by atoms with Crippen molar-refractivity contribution in [1.29, 1.82) is 0 Å². The molecule has 0 aromatic heterocycles. The molecule has 2 atom stereocenters. The van der Waals surface area contributed by atoms with Crippen molar-refractivity contribution in [2.24, 2.45) is 5.92 Å². The fourth-order valence-corrected chi connectivity index (χ4v) is 4.88. The molecule has 0 radical (unpaired) electrons. The number of rotatable bonds is 2. The number of nitrogens with zero attached hydrogens (tertiary/aromatic N) is 2. The Labute approximate surface area is 158 Å². The van der Waals surface area contributed by atoms with Gasteiger partial charge in [0.2, 0.25) is 0 Å². The Bertz CT molecular complexity index is 850. The summed E-state index contributed by atoms with van der Waals surface area (Å²) in [6.07, 6.45) is 1.77. The fourth-order valence-electron chi connectivity index (χ4n) is 4.88. The van der Waals surface area contributed by atoms with Crippen LogP contribution in [-0.2, 0) is 0 Å². The van der Waals surface area contributed by atoms with Crippen molar-refractivity contribution >= 4 is 11.6 Å². The zero-order chi connectivity index (χ0) is 19.2. The lowest BCUT2D eigenvalue weighted by Crippen LogP contribution is -2.50. The highest BCUT2D eigenvalue weighted by Crippen LogP contribution is 2.44. The number of amides is 1. The van der Waals surface area contributed by atoms with Crippen LogP contribution in [0, 0.1) is 17.6 Å². The molecular weight excluding hydrogens is 346 g/mol. The summed E-state index contributed by atoms with van der Waals surface area (Å²) in [7, 11) is 0. The Morgan fingerprint density at radius 2 is 1.78 bits per heavy atom. The molecule has 0 aliphatic carbocycles. The van der Waals surface area contributed by atoms with Crippen LogP contribution in [0.2, 0.25) is 0 Å². The lowest BCUT2D eigenvalue weighted by molar-refractivity contribution is 0.0662. The predicted molar refractivity (Wildman–Crippen MR) is 102 cm³/mol. The highest BCUT2D eigenvalue weighted by atomic mass is 19.1. The molecule has 2 heterocycles. The van der Waals surface area contributed by atoms with Crippen LogP contribution >= 0.6 is 0 Å². The maximum Gasteiger partial charge on any atom is 0.256 e. The van der Waals surface area contributed by atoms with Gasteiger partial charge in [-0.1, -0.05) is 12.1 Å². The van der Waals surface area contributed by atoms with E-state index in [9.17, 15) is 13.6 Å². The molecule has 142 valence electrons. The molecule has 2 aromatic rings. The summed E-state index contributed by atoms with van der Waals surface area (Å²) < 4.78 is 27.4. The molecule has 2 fully saturated rings. The number of piperidine rings is 1. The van der Waals surface area contributed by atoms with Crippen molar-refractivity contribution < 1.29 is 13.6 Å². The monoisotopic (exact) mass is 370 g/mol. The van der Waals surface area contributed by atoms with E-state index in [1.807, 2.05) is 12.1 Å². The van der Waals surface area contributed by atoms with E-state index in [4.69, 9.17) is 0 Å². The summed E-state index contributed by atoms with van der Waals surface area (Å²) in [5.41, 5.74) is 1.08. The lowest BCUT2D eigenvalue weighted by atomic mass is 9.89. The van der Waals surface area contributed by atoms with Gasteiger partial charge in [0, 0.05) is 30.4 Å². The molecule has 2 aliphatic rings. The Morgan fingerprint density at radius 1 is 1.07 bits per heavy atom. The average Bonchev–Trinajstić information content (AvgIpc) is 2.91. The van der Waals surface area contributed by atoms with Gasteiger partial charge >= 0.3 is 0 Å². The second-order valence-electron chi connectivity index (χ2n) is 8.21. The smallest absolute Gasteiger partial charge is 0.256 e. The summed E-state index contributed by atoms with van der Waals surface area (Å²) in [6, 6.07) is 13.1. The molecule has 0 unspecified atom stereocenters. The third-order valence-corrected chi connectivity index (χ3v) is 5.94. The minimum absolute atomic E-state index is 0.0791. The first kappa shape index (κ1) is 18.0. The molecular formula is C22H24F2N2O. The number of hydrogen-bond donors (Lipinski definition) is 0. The number of hydrogen-bond acceptors (Lipinski definition) is 2. The van der Waals surface area contributed by atoms with Crippen LogP contribution in [-0.4, -0.2) is 35.5 Å². The minimum atomic E-state index is -0.468. The SMILES string of the molecule is CC1(C)C[C@@H]2CN(C(=O)c3ccccc3F)CC[C@@H]2N1c1ccc(F)cc1. The van der Waals surface area contributed by atoms with Crippen LogP contribution in [0.3, 0.4) is 0 Å². The van der Waals surface area contributed by atoms with Gasteiger partial charge in [0.15, 0.2) is 0 Å². The van der Waals surface area contributed by atoms with E-state index < -0.39 is 5.82 Å². The van der Waals surface area contributed by atoms with Gasteiger partial charge in [-0.3, -0.25) is 4.79 Å². The third-order valence-electron chi connectivity index (χ3n) is 5.94. The second kappa shape index (κ2) is 6.63. The number of likely N-dealkylation sites (tertiary alicyclic amines) is 1. The second-order valence-corrected chi connectivity index (χ2v) is 8.21. The zero-order valence-corrected chi connectivity index (χ0v) is 15.7. The number of benzene rings is 2. The maximum absolute atomic E-state index is 14.0.